The summed E-state index contributed by atoms with van der Waals surface area (Å²) in [5.41, 5.74) is 2.45. The highest BCUT2D eigenvalue weighted by atomic mass is 79.9. The van der Waals surface area contributed by atoms with E-state index in [0.717, 1.165) is 15.6 Å². The Balaban J connectivity index is 1.88. The Morgan fingerprint density at radius 3 is 2.00 bits per heavy atom. The number of hydrogen-bond acceptors (Lipinski definition) is 2. The number of hydrogen-bond donors (Lipinski definition) is 0. The Morgan fingerprint density at radius 1 is 0.690 bits per heavy atom. The number of methoxy groups -OCH3 is 1. The van der Waals surface area contributed by atoms with E-state index in [0.29, 0.717) is 5.56 Å². The molecule has 0 bridgehead atoms. The van der Waals surface area contributed by atoms with Crippen molar-refractivity contribution in [1.82, 2.24) is 0 Å². The number of carbonyl (C=O) groups excluding carboxylic acids is 1. The third-order valence-corrected chi connectivity index (χ3v) is 5.94. The molecule has 0 aliphatic carbocycles. The minimum absolute atomic E-state index is 0.325. The summed E-state index contributed by atoms with van der Waals surface area (Å²) in [5, 5.41) is 7.23. The second-order valence-electron chi connectivity index (χ2n) is 7.03. The average molecular weight is 441 g/mol. The summed E-state index contributed by atoms with van der Waals surface area (Å²) >= 11 is 3.61. The molecule has 3 heteroatoms. The van der Waals surface area contributed by atoms with E-state index in [1.165, 1.54) is 39.4 Å². The first-order valence-corrected chi connectivity index (χ1v) is 10.2. The van der Waals surface area contributed by atoms with Crippen LogP contribution in [0.25, 0.3) is 43.4 Å². The molecule has 0 N–H and O–H groups in total. The van der Waals surface area contributed by atoms with Gasteiger partial charge in [0.15, 0.2) is 0 Å². The topological polar surface area (TPSA) is 26.3 Å². The minimum atomic E-state index is -0.325. The van der Waals surface area contributed by atoms with Gasteiger partial charge in [-0.3, -0.25) is 0 Å². The molecule has 0 heterocycles. The van der Waals surface area contributed by atoms with Gasteiger partial charge in [0.05, 0.1) is 12.7 Å². The Labute approximate surface area is 176 Å². The van der Waals surface area contributed by atoms with Gasteiger partial charge in [-0.2, -0.15) is 0 Å². The highest BCUT2D eigenvalue weighted by Crippen LogP contribution is 2.38. The zero-order chi connectivity index (χ0) is 20.0. The fraction of sp³-hybridized carbons (Fsp3) is 0.0385. The summed E-state index contributed by atoms with van der Waals surface area (Å²) in [6, 6.07) is 28.9. The molecule has 0 aliphatic rings. The van der Waals surface area contributed by atoms with Crippen molar-refractivity contribution in [2.45, 2.75) is 0 Å². The molecule has 0 amide bonds. The van der Waals surface area contributed by atoms with Crippen LogP contribution in [-0.4, -0.2) is 13.1 Å². The smallest absolute Gasteiger partial charge is 0.338 e. The number of benzene rings is 5. The van der Waals surface area contributed by atoms with Crippen molar-refractivity contribution < 1.29 is 9.53 Å². The minimum Gasteiger partial charge on any atom is -0.465 e. The summed E-state index contributed by atoms with van der Waals surface area (Å²) in [5.74, 6) is -0.325. The van der Waals surface area contributed by atoms with Crippen molar-refractivity contribution >= 4 is 54.2 Å². The number of rotatable bonds is 2. The second-order valence-corrected chi connectivity index (χ2v) is 7.95. The third-order valence-electron chi connectivity index (χ3n) is 5.44. The molecule has 29 heavy (non-hydrogen) atoms. The molecule has 0 saturated carbocycles. The maximum absolute atomic E-state index is 12.3. The summed E-state index contributed by atoms with van der Waals surface area (Å²) in [4.78, 5) is 12.3. The Bertz CT molecular complexity index is 1400. The lowest BCUT2D eigenvalue weighted by molar-refractivity contribution is 0.0601. The first kappa shape index (κ1) is 17.9. The van der Waals surface area contributed by atoms with Crippen molar-refractivity contribution in [3.63, 3.8) is 0 Å². The molecule has 0 atom stereocenters. The summed E-state index contributed by atoms with van der Waals surface area (Å²) < 4.78 is 6.05. The monoisotopic (exact) mass is 440 g/mol. The van der Waals surface area contributed by atoms with Crippen LogP contribution < -0.4 is 0 Å². The van der Waals surface area contributed by atoms with Crippen LogP contribution in [0.1, 0.15) is 10.4 Å². The van der Waals surface area contributed by atoms with E-state index >= 15 is 0 Å². The molecule has 0 unspecified atom stereocenters. The first-order chi connectivity index (χ1) is 14.2. The first-order valence-electron chi connectivity index (χ1n) is 9.39. The van der Waals surface area contributed by atoms with Gasteiger partial charge in [-0.25, -0.2) is 4.79 Å². The van der Waals surface area contributed by atoms with Crippen LogP contribution in [-0.2, 0) is 4.74 Å². The molecule has 0 spiro atoms. The normalized spacial score (nSPS) is 11.2. The van der Waals surface area contributed by atoms with Crippen molar-refractivity contribution in [2.24, 2.45) is 0 Å². The van der Waals surface area contributed by atoms with E-state index in [1.807, 2.05) is 18.2 Å². The lowest BCUT2D eigenvalue weighted by Crippen LogP contribution is -2.03. The molecule has 0 radical (unpaired) electrons. The molecule has 0 aliphatic heterocycles. The number of halogens is 1. The van der Waals surface area contributed by atoms with Crippen LogP contribution in [0.4, 0.5) is 0 Å². The average Bonchev–Trinajstić information content (AvgIpc) is 2.78. The lowest BCUT2D eigenvalue weighted by atomic mass is 9.91. The van der Waals surface area contributed by atoms with E-state index in [2.05, 4.69) is 76.6 Å². The molecule has 140 valence electrons. The molecular weight excluding hydrogens is 424 g/mol. The van der Waals surface area contributed by atoms with Gasteiger partial charge < -0.3 is 4.74 Å². The van der Waals surface area contributed by atoms with Gasteiger partial charge in [0.2, 0.25) is 0 Å². The summed E-state index contributed by atoms with van der Waals surface area (Å²) in [6.45, 7) is 0. The molecule has 2 nitrogen and oxygen atoms in total. The zero-order valence-electron chi connectivity index (χ0n) is 15.8. The maximum atomic E-state index is 12.3. The molecule has 0 aromatic heterocycles. The van der Waals surface area contributed by atoms with Crippen LogP contribution in [0, 0.1) is 0 Å². The Hall–Kier alpha value is -3.17. The predicted molar refractivity (Wildman–Crippen MR) is 123 cm³/mol. The molecule has 5 rings (SSSR count). The highest BCUT2D eigenvalue weighted by molar-refractivity contribution is 9.10. The predicted octanol–water partition coefficient (Wildman–Crippen LogP) is 7.36. The van der Waals surface area contributed by atoms with E-state index in [-0.39, 0.29) is 5.97 Å². The number of esters is 1. The van der Waals surface area contributed by atoms with Gasteiger partial charge in [0, 0.05) is 4.47 Å². The summed E-state index contributed by atoms with van der Waals surface area (Å²) in [7, 11) is 1.41. The quantitative estimate of drug-likeness (QED) is 0.211. The van der Waals surface area contributed by atoms with Gasteiger partial charge in [0.1, 0.15) is 0 Å². The Morgan fingerprint density at radius 2 is 1.28 bits per heavy atom. The fourth-order valence-electron chi connectivity index (χ4n) is 4.12. The Kier molecular flexibility index (Phi) is 4.33. The van der Waals surface area contributed by atoms with Crippen LogP contribution in [0.3, 0.4) is 0 Å². The third kappa shape index (κ3) is 2.90. The van der Waals surface area contributed by atoms with Gasteiger partial charge in [-0.1, -0.05) is 76.6 Å². The standard InChI is InChI=1S/C26H17BrO2/c1-29-26(28)23-9-5-2-6-18(23)16-10-12-21-22-13-11-17(27)15-25(22)20-8-4-3-7-19(20)24(21)14-16/h2-15H,1H3. The van der Waals surface area contributed by atoms with Gasteiger partial charge in [-0.15, -0.1) is 0 Å². The van der Waals surface area contributed by atoms with Crippen LogP contribution in [0.15, 0.2) is 89.4 Å². The largest absolute Gasteiger partial charge is 0.465 e. The highest BCUT2D eigenvalue weighted by Gasteiger charge is 2.14. The van der Waals surface area contributed by atoms with E-state index in [4.69, 9.17) is 4.74 Å². The van der Waals surface area contributed by atoms with E-state index < -0.39 is 0 Å². The molecular formula is C26H17BrO2. The lowest BCUT2D eigenvalue weighted by Gasteiger charge is -2.13. The van der Waals surface area contributed by atoms with Gasteiger partial charge >= 0.3 is 5.97 Å². The van der Waals surface area contributed by atoms with Crippen molar-refractivity contribution in [2.75, 3.05) is 7.11 Å². The molecule has 0 fully saturated rings. The molecule has 5 aromatic carbocycles. The van der Waals surface area contributed by atoms with Gasteiger partial charge in [-0.05, 0) is 67.7 Å². The number of fused-ring (bicyclic) bond motifs is 6. The van der Waals surface area contributed by atoms with Crippen LogP contribution in [0.2, 0.25) is 0 Å². The molecule has 0 saturated heterocycles. The number of ether oxygens (including phenoxy) is 1. The van der Waals surface area contributed by atoms with Crippen molar-refractivity contribution in [3.05, 3.63) is 95.0 Å². The SMILES string of the molecule is COC(=O)c1ccccc1-c1ccc2c3ccc(Br)cc3c3ccccc3c2c1. The van der Waals surface area contributed by atoms with Crippen LogP contribution >= 0.6 is 15.9 Å². The zero-order valence-corrected chi connectivity index (χ0v) is 17.4. The molecule has 5 aromatic rings. The van der Waals surface area contributed by atoms with E-state index in [9.17, 15) is 4.79 Å². The number of carbonyl (C=O) groups is 1. The van der Waals surface area contributed by atoms with E-state index in [1.54, 1.807) is 6.07 Å². The second kappa shape index (κ2) is 7.02. The van der Waals surface area contributed by atoms with Crippen molar-refractivity contribution in [1.29, 1.82) is 0 Å². The van der Waals surface area contributed by atoms with Crippen LogP contribution in [0.5, 0.6) is 0 Å². The van der Waals surface area contributed by atoms with Crippen molar-refractivity contribution in [3.8, 4) is 11.1 Å². The van der Waals surface area contributed by atoms with Gasteiger partial charge in [0.25, 0.3) is 0 Å². The maximum Gasteiger partial charge on any atom is 0.338 e. The summed E-state index contributed by atoms with van der Waals surface area (Å²) in [6.07, 6.45) is 0. The fourth-order valence-corrected chi connectivity index (χ4v) is 4.48.